The molecule has 0 radical (unpaired) electrons. The molecule has 0 aromatic heterocycles. The third-order valence-corrected chi connectivity index (χ3v) is 4.04. The van der Waals surface area contributed by atoms with Crippen LogP contribution in [-0.4, -0.2) is 18.0 Å². The number of hydrogen-bond acceptors (Lipinski definition) is 2. The second-order valence-electron chi connectivity index (χ2n) is 5.54. The molecule has 106 valence electrons. The van der Waals surface area contributed by atoms with E-state index in [-0.39, 0.29) is 11.4 Å². The number of rotatable bonds is 3. The molecule has 1 fully saturated rings. The predicted molar refractivity (Wildman–Crippen MR) is 81.5 cm³/mol. The van der Waals surface area contributed by atoms with Crippen molar-refractivity contribution in [2.75, 3.05) is 6.54 Å². The molecule has 1 aromatic rings. The van der Waals surface area contributed by atoms with Crippen LogP contribution in [0.2, 0.25) is 0 Å². The summed E-state index contributed by atoms with van der Waals surface area (Å²) in [5.74, 6) is 5.82. The van der Waals surface area contributed by atoms with Gasteiger partial charge in [-0.3, -0.25) is 4.79 Å². The van der Waals surface area contributed by atoms with E-state index in [1.807, 2.05) is 25.1 Å². The van der Waals surface area contributed by atoms with E-state index < -0.39 is 0 Å². The number of nitrogens with two attached hydrogens (primary N) is 1. The summed E-state index contributed by atoms with van der Waals surface area (Å²) in [5, 5.41) is 3.19. The quantitative estimate of drug-likeness (QED) is 0.828. The molecule has 3 nitrogen and oxygen atoms in total. The highest BCUT2D eigenvalue weighted by Gasteiger charge is 2.36. The molecule has 0 heterocycles. The standard InChI is InChI=1S/C17H22N2O/c1-3-17(7-5-8-17)19-16(20)15-11-13(2)10-14(12-15)6-4-9-18/h10-12H,3,5,7-9,18H2,1-2H3,(H,19,20). The van der Waals surface area contributed by atoms with E-state index in [0.29, 0.717) is 12.1 Å². The van der Waals surface area contributed by atoms with E-state index in [2.05, 4.69) is 24.1 Å². The topological polar surface area (TPSA) is 55.1 Å². The predicted octanol–water partition coefficient (Wildman–Crippen LogP) is 2.37. The van der Waals surface area contributed by atoms with Crippen LogP contribution in [0.1, 0.15) is 54.1 Å². The minimum Gasteiger partial charge on any atom is -0.347 e. The lowest BCUT2D eigenvalue weighted by Gasteiger charge is -2.42. The first-order valence-corrected chi connectivity index (χ1v) is 7.22. The molecule has 0 aliphatic heterocycles. The molecule has 1 aromatic carbocycles. The monoisotopic (exact) mass is 270 g/mol. The Hall–Kier alpha value is -1.79. The summed E-state index contributed by atoms with van der Waals surface area (Å²) in [6.07, 6.45) is 4.36. The SMILES string of the molecule is CCC1(NC(=O)c2cc(C)cc(C#CCN)c2)CCC1. The molecule has 1 saturated carbocycles. The average Bonchev–Trinajstić information content (AvgIpc) is 2.39. The molecule has 0 saturated heterocycles. The Morgan fingerprint density at radius 2 is 2.15 bits per heavy atom. The number of carbonyl (C=O) groups is 1. The van der Waals surface area contributed by atoms with Crippen LogP contribution in [0.15, 0.2) is 18.2 Å². The van der Waals surface area contributed by atoms with Gasteiger partial charge in [0.1, 0.15) is 0 Å². The first kappa shape index (κ1) is 14.6. The summed E-state index contributed by atoms with van der Waals surface area (Å²) in [4.78, 5) is 12.4. The summed E-state index contributed by atoms with van der Waals surface area (Å²) in [7, 11) is 0. The molecule has 3 N–H and O–H groups in total. The Morgan fingerprint density at radius 3 is 2.70 bits per heavy atom. The zero-order chi connectivity index (χ0) is 14.6. The Kier molecular flexibility index (Phi) is 4.46. The van der Waals surface area contributed by atoms with Crippen LogP contribution >= 0.6 is 0 Å². The van der Waals surface area contributed by atoms with Gasteiger partial charge in [0, 0.05) is 16.7 Å². The number of hydrogen-bond donors (Lipinski definition) is 2. The average molecular weight is 270 g/mol. The Morgan fingerprint density at radius 1 is 1.40 bits per heavy atom. The van der Waals surface area contributed by atoms with Crippen molar-refractivity contribution < 1.29 is 4.79 Å². The zero-order valence-electron chi connectivity index (χ0n) is 12.3. The summed E-state index contributed by atoms with van der Waals surface area (Å²) in [6, 6.07) is 5.72. The van der Waals surface area contributed by atoms with Crippen molar-refractivity contribution in [1.29, 1.82) is 0 Å². The van der Waals surface area contributed by atoms with Crippen molar-refractivity contribution in [2.24, 2.45) is 5.73 Å². The fourth-order valence-corrected chi connectivity index (χ4v) is 2.62. The second kappa shape index (κ2) is 6.11. The number of carbonyl (C=O) groups excluding carboxylic acids is 1. The fraction of sp³-hybridized carbons (Fsp3) is 0.471. The third-order valence-electron chi connectivity index (χ3n) is 4.04. The molecule has 0 spiro atoms. The number of aryl methyl sites for hydroxylation is 1. The first-order chi connectivity index (χ1) is 9.58. The van der Waals surface area contributed by atoms with Crippen molar-refractivity contribution in [3.05, 3.63) is 34.9 Å². The van der Waals surface area contributed by atoms with Crippen LogP contribution in [-0.2, 0) is 0 Å². The molecule has 0 bridgehead atoms. The van der Waals surface area contributed by atoms with Crippen LogP contribution in [0.25, 0.3) is 0 Å². The summed E-state index contributed by atoms with van der Waals surface area (Å²) in [6.45, 7) is 4.44. The largest absolute Gasteiger partial charge is 0.347 e. The van der Waals surface area contributed by atoms with Gasteiger partial charge in [-0.15, -0.1) is 0 Å². The number of nitrogens with one attached hydrogen (secondary N) is 1. The van der Waals surface area contributed by atoms with Crippen LogP contribution in [0.5, 0.6) is 0 Å². The van der Waals surface area contributed by atoms with Crippen molar-refractivity contribution >= 4 is 5.91 Å². The van der Waals surface area contributed by atoms with Crippen LogP contribution in [0.4, 0.5) is 0 Å². The molecule has 0 atom stereocenters. The number of benzene rings is 1. The molecule has 1 aliphatic rings. The van der Waals surface area contributed by atoms with E-state index in [0.717, 1.165) is 30.4 Å². The molecule has 20 heavy (non-hydrogen) atoms. The van der Waals surface area contributed by atoms with Gasteiger partial charge in [-0.1, -0.05) is 18.8 Å². The molecule has 2 rings (SSSR count). The molecular formula is C17H22N2O. The molecular weight excluding hydrogens is 248 g/mol. The molecule has 1 amide bonds. The highest BCUT2D eigenvalue weighted by molar-refractivity contribution is 5.95. The first-order valence-electron chi connectivity index (χ1n) is 7.22. The van der Waals surface area contributed by atoms with Gasteiger partial charge >= 0.3 is 0 Å². The minimum atomic E-state index is 0.00560. The van der Waals surface area contributed by atoms with Crippen LogP contribution < -0.4 is 11.1 Å². The highest BCUT2D eigenvalue weighted by atomic mass is 16.1. The normalized spacial score (nSPS) is 15.8. The van der Waals surface area contributed by atoms with E-state index in [9.17, 15) is 4.79 Å². The van der Waals surface area contributed by atoms with Gasteiger partial charge in [0.2, 0.25) is 0 Å². The van der Waals surface area contributed by atoms with Crippen molar-refractivity contribution in [3.63, 3.8) is 0 Å². The Labute approximate surface area is 120 Å². The van der Waals surface area contributed by atoms with Crippen molar-refractivity contribution in [3.8, 4) is 11.8 Å². The maximum Gasteiger partial charge on any atom is 0.251 e. The summed E-state index contributed by atoms with van der Waals surface area (Å²) < 4.78 is 0. The van der Waals surface area contributed by atoms with Gasteiger partial charge in [-0.2, -0.15) is 0 Å². The lowest BCUT2D eigenvalue weighted by molar-refractivity contribution is 0.0820. The van der Waals surface area contributed by atoms with Crippen molar-refractivity contribution in [1.82, 2.24) is 5.32 Å². The highest BCUT2D eigenvalue weighted by Crippen LogP contribution is 2.34. The Bertz CT molecular complexity index is 557. The van der Waals surface area contributed by atoms with Gasteiger partial charge in [0.25, 0.3) is 5.91 Å². The van der Waals surface area contributed by atoms with Crippen LogP contribution in [0, 0.1) is 18.8 Å². The fourth-order valence-electron chi connectivity index (χ4n) is 2.62. The van der Waals surface area contributed by atoms with Gasteiger partial charge in [-0.25, -0.2) is 0 Å². The van der Waals surface area contributed by atoms with E-state index in [1.54, 1.807) is 0 Å². The van der Waals surface area contributed by atoms with Crippen LogP contribution in [0.3, 0.4) is 0 Å². The van der Waals surface area contributed by atoms with Gasteiger partial charge < -0.3 is 11.1 Å². The third kappa shape index (κ3) is 3.20. The summed E-state index contributed by atoms with van der Waals surface area (Å²) in [5.41, 5.74) is 7.98. The maximum atomic E-state index is 12.4. The zero-order valence-corrected chi connectivity index (χ0v) is 12.3. The van der Waals surface area contributed by atoms with Crippen molar-refractivity contribution in [2.45, 2.75) is 45.1 Å². The molecule has 1 aliphatic carbocycles. The lowest BCUT2D eigenvalue weighted by atomic mass is 9.74. The molecule has 3 heteroatoms. The number of amides is 1. The van der Waals surface area contributed by atoms with Gasteiger partial charge in [0.15, 0.2) is 0 Å². The van der Waals surface area contributed by atoms with E-state index >= 15 is 0 Å². The van der Waals surface area contributed by atoms with E-state index in [1.165, 1.54) is 6.42 Å². The Balaban J connectivity index is 2.19. The summed E-state index contributed by atoms with van der Waals surface area (Å²) >= 11 is 0. The maximum absolute atomic E-state index is 12.4. The molecule has 0 unspecified atom stereocenters. The van der Waals surface area contributed by atoms with Gasteiger partial charge in [-0.05, 0) is 56.4 Å². The van der Waals surface area contributed by atoms with Gasteiger partial charge in [0.05, 0.1) is 6.54 Å². The second-order valence-corrected chi connectivity index (χ2v) is 5.54. The lowest BCUT2D eigenvalue weighted by Crippen LogP contribution is -2.53. The van der Waals surface area contributed by atoms with E-state index in [4.69, 9.17) is 5.73 Å². The smallest absolute Gasteiger partial charge is 0.251 e. The minimum absolute atomic E-state index is 0.00560.